The highest BCUT2D eigenvalue weighted by molar-refractivity contribution is 6.33. The molecule has 0 aliphatic carbocycles. The van der Waals surface area contributed by atoms with Crippen molar-refractivity contribution in [3.63, 3.8) is 0 Å². The molecule has 1 unspecified atom stereocenters. The molecule has 0 radical (unpaired) electrons. The predicted octanol–water partition coefficient (Wildman–Crippen LogP) is 2.97. The first-order valence-corrected chi connectivity index (χ1v) is 7.32. The molecule has 1 fully saturated rings. The summed E-state index contributed by atoms with van der Waals surface area (Å²) < 4.78 is 10.5. The third-order valence-electron chi connectivity index (χ3n) is 3.82. The minimum absolute atomic E-state index is 0.0230. The number of aliphatic carboxylic acids is 1. The molecule has 1 N–H and O–H groups in total. The lowest BCUT2D eigenvalue weighted by molar-refractivity contribution is -0.138. The molecule has 1 aliphatic rings. The van der Waals surface area contributed by atoms with Crippen LogP contribution < -0.4 is 9.47 Å². The Hall–Kier alpha value is -1.46. The van der Waals surface area contributed by atoms with Gasteiger partial charge in [0.15, 0.2) is 11.5 Å². The van der Waals surface area contributed by atoms with Gasteiger partial charge in [-0.05, 0) is 37.6 Å². The molecule has 0 saturated carbocycles. The Morgan fingerprint density at radius 2 is 2.00 bits per heavy atom. The van der Waals surface area contributed by atoms with Crippen LogP contribution in [0.4, 0.5) is 0 Å². The molecule has 2 rings (SSSR count). The Morgan fingerprint density at radius 1 is 1.33 bits per heavy atom. The van der Waals surface area contributed by atoms with E-state index < -0.39 is 5.97 Å². The van der Waals surface area contributed by atoms with Crippen molar-refractivity contribution in [1.29, 1.82) is 0 Å². The van der Waals surface area contributed by atoms with Crippen LogP contribution in [0.3, 0.4) is 0 Å². The molecule has 0 bridgehead atoms. The van der Waals surface area contributed by atoms with Crippen LogP contribution in [0.25, 0.3) is 0 Å². The van der Waals surface area contributed by atoms with E-state index >= 15 is 0 Å². The number of hydrogen-bond acceptors (Lipinski definition) is 4. The van der Waals surface area contributed by atoms with Gasteiger partial charge in [0.1, 0.15) is 0 Å². The number of hydrogen-bond donors (Lipinski definition) is 1. The maximum Gasteiger partial charge on any atom is 0.305 e. The van der Waals surface area contributed by atoms with Gasteiger partial charge in [0.05, 0.1) is 25.7 Å². The fraction of sp³-hybridized carbons (Fsp3) is 0.533. The number of methoxy groups -OCH3 is 2. The van der Waals surface area contributed by atoms with E-state index in [0.717, 1.165) is 31.5 Å². The lowest BCUT2D eigenvalue weighted by Crippen LogP contribution is -2.28. The second-order valence-corrected chi connectivity index (χ2v) is 5.44. The normalized spacial score (nSPS) is 16.7. The van der Waals surface area contributed by atoms with E-state index in [2.05, 4.69) is 4.90 Å². The Bertz CT molecular complexity index is 515. The lowest BCUT2D eigenvalue weighted by atomic mass is 10.0. The zero-order valence-corrected chi connectivity index (χ0v) is 13.0. The molecule has 116 valence electrons. The Morgan fingerprint density at radius 3 is 2.52 bits per heavy atom. The molecule has 6 heteroatoms. The fourth-order valence-corrected chi connectivity index (χ4v) is 3.18. The Labute approximate surface area is 129 Å². The van der Waals surface area contributed by atoms with Crippen LogP contribution in [-0.4, -0.2) is 43.3 Å². The predicted molar refractivity (Wildman–Crippen MR) is 80.4 cm³/mol. The summed E-state index contributed by atoms with van der Waals surface area (Å²) in [6.07, 6.45) is 2.19. The number of carboxylic acid groups (broad SMARTS) is 1. The van der Waals surface area contributed by atoms with Crippen molar-refractivity contribution in [2.75, 3.05) is 27.3 Å². The van der Waals surface area contributed by atoms with Crippen LogP contribution in [0, 0.1) is 0 Å². The molecule has 0 spiro atoms. The van der Waals surface area contributed by atoms with Gasteiger partial charge in [-0.25, -0.2) is 0 Å². The second kappa shape index (κ2) is 7.00. The monoisotopic (exact) mass is 313 g/mol. The van der Waals surface area contributed by atoms with Crippen LogP contribution in [0.2, 0.25) is 5.02 Å². The zero-order valence-electron chi connectivity index (χ0n) is 12.3. The van der Waals surface area contributed by atoms with Crippen LogP contribution >= 0.6 is 11.6 Å². The molecule has 0 amide bonds. The molecule has 21 heavy (non-hydrogen) atoms. The van der Waals surface area contributed by atoms with E-state index in [0.29, 0.717) is 16.5 Å². The number of likely N-dealkylation sites (tertiary alicyclic amines) is 1. The van der Waals surface area contributed by atoms with Crippen LogP contribution in [-0.2, 0) is 4.79 Å². The number of rotatable bonds is 6. The van der Waals surface area contributed by atoms with Crippen molar-refractivity contribution in [3.8, 4) is 11.5 Å². The van der Waals surface area contributed by atoms with Crippen molar-refractivity contribution >= 4 is 17.6 Å². The molecule has 1 aromatic carbocycles. The molecule has 0 aromatic heterocycles. The van der Waals surface area contributed by atoms with Crippen molar-refractivity contribution in [2.45, 2.75) is 25.3 Å². The van der Waals surface area contributed by atoms with Gasteiger partial charge in [-0.2, -0.15) is 0 Å². The molecule has 1 aliphatic heterocycles. The fourth-order valence-electron chi connectivity index (χ4n) is 2.82. The zero-order chi connectivity index (χ0) is 15.4. The van der Waals surface area contributed by atoms with Gasteiger partial charge in [-0.15, -0.1) is 0 Å². The number of halogens is 1. The maximum absolute atomic E-state index is 11.2. The van der Waals surface area contributed by atoms with Gasteiger partial charge in [0.2, 0.25) is 0 Å². The molecular formula is C15H20ClNO4. The van der Waals surface area contributed by atoms with E-state index in [-0.39, 0.29) is 12.5 Å². The highest BCUT2D eigenvalue weighted by atomic mass is 35.5. The largest absolute Gasteiger partial charge is 0.493 e. The van der Waals surface area contributed by atoms with E-state index in [4.69, 9.17) is 21.1 Å². The minimum Gasteiger partial charge on any atom is -0.493 e. The molecular weight excluding hydrogens is 294 g/mol. The van der Waals surface area contributed by atoms with Crippen molar-refractivity contribution in [2.24, 2.45) is 0 Å². The maximum atomic E-state index is 11.2. The highest BCUT2D eigenvalue weighted by Gasteiger charge is 2.29. The molecule has 1 heterocycles. The SMILES string of the molecule is COc1ccc(C(CC(=O)O)N2CCCC2)c(Cl)c1OC. The summed E-state index contributed by atoms with van der Waals surface area (Å²) in [5, 5.41) is 9.62. The van der Waals surface area contributed by atoms with E-state index in [1.165, 1.54) is 7.11 Å². The molecule has 1 aromatic rings. The van der Waals surface area contributed by atoms with Crippen LogP contribution in [0.1, 0.15) is 30.9 Å². The molecule has 1 atom stereocenters. The lowest BCUT2D eigenvalue weighted by Gasteiger charge is -2.28. The summed E-state index contributed by atoms with van der Waals surface area (Å²) in [7, 11) is 3.07. The quantitative estimate of drug-likeness (QED) is 0.875. The van der Waals surface area contributed by atoms with E-state index in [9.17, 15) is 9.90 Å². The summed E-state index contributed by atoms with van der Waals surface area (Å²) in [6, 6.07) is 3.36. The molecule has 1 saturated heterocycles. The Balaban J connectivity index is 2.41. The Kier molecular flexibility index (Phi) is 5.31. The number of ether oxygens (including phenoxy) is 2. The average Bonchev–Trinajstić information content (AvgIpc) is 2.98. The minimum atomic E-state index is -0.835. The number of benzene rings is 1. The summed E-state index contributed by atoms with van der Waals surface area (Å²) in [6.45, 7) is 1.78. The van der Waals surface area contributed by atoms with Gasteiger partial charge in [0.25, 0.3) is 0 Å². The third kappa shape index (κ3) is 3.41. The van der Waals surface area contributed by atoms with Crippen molar-refractivity contribution in [3.05, 3.63) is 22.7 Å². The van der Waals surface area contributed by atoms with Gasteiger partial charge < -0.3 is 14.6 Å². The first-order valence-electron chi connectivity index (χ1n) is 6.94. The number of carboxylic acids is 1. The van der Waals surface area contributed by atoms with Gasteiger partial charge >= 0.3 is 5.97 Å². The first kappa shape index (κ1) is 15.9. The van der Waals surface area contributed by atoms with Gasteiger partial charge in [0, 0.05) is 6.04 Å². The van der Waals surface area contributed by atoms with E-state index in [1.54, 1.807) is 13.2 Å². The number of nitrogens with zero attached hydrogens (tertiary/aromatic N) is 1. The average molecular weight is 314 g/mol. The standard InChI is InChI=1S/C15H20ClNO4/c1-20-12-6-5-10(14(16)15(12)21-2)11(9-13(18)19)17-7-3-4-8-17/h5-6,11H,3-4,7-9H2,1-2H3,(H,18,19). The third-order valence-corrected chi connectivity index (χ3v) is 4.21. The topological polar surface area (TPSA) is 59.0 Å². The van der Waals surface area contributed by atoms with Crippen molar-refractivity contribution in [1.82, 2.24) is 4.90 Å². The van der Waals surface area contributed by atoms with Crippen LogP contribution in [0.5, 0.6) is 11.5 Å². The number of carbonyl (C=O) groups is 1. The summed E-state index contributed by atoms with van der Waals surface area (Å²) in [5.74, 6) is 0.158. The summed E-state index contributed by atoms with van der Waals surface area (Å²) in [4.78, 5) is 13.4. The van der Waals surface area contributed by atoms with Crippen LogP contribution in [0.15, 0.2) is 12.1 Å². The smallest absolute Gasteiger partial charge is 0.305 e. The summed E-state index contributed by atoms with van der Waals surface area (Å²) in [5.41, 5.74) is 0.776. The molecule has 5 nitrogen and oxygen atoms in total. The summed E-state index contributed by atoms with van der Waals surface area (Å²) >= 11 is 6.42. The van der Waals surface area contributed by atoms with Gasteiger partial charge in [-0.1, -0.05) is 17.7 Å². The second-order valence-electron chi connectivity index (χ2n) is 5.06. The van der Waals surface area contributed by atoms with E-state index in [1.807, 2.05) is 6.07 Å². The van der Waals surface area contributed by atoms with Crippen molar-refractivity contribution < 1.29 is 19.4 Å². The highest BCUT2D eigenvalue weighted by Crippen LogP contribution is 2.42. The van der Waals surface area contributed by atoms with Gasteiger partial charge in [-0.3, -0.25) is 9.69 Å². The first-order chi connectivity index (χ1) is 10.1.